The number of carbonyl (C=O) groups is 2. The molecule has 0 spiro atoms. The molecule has 1 aliphatic rings. The first kappa shape index (κ1) is 22.8. The van der Waals surface area contributed by atoms with Gasteiger partial charge in [-0.3, -0.25) is 4.90 Å². The van der Waals surface area contributed by atoms with E-state index in [4.69, 9.17) is 14.2 Å². The Bertz CT molecular complexity index is 557. The average Bonchev–Trinajstić information content (AvgIpc) is 2.74. The van der Waals surface area contributed by atoms with E-state index in [-0.39, 0.29) is 4.75 Å². The summed E-state index contributed by atoms with van der Waals surface area (Å²) in [7, 11) is 1.36. The molecule has 0 aliphatic carbocycles. The van der Waals surface area contributed by atoms with E-state index in [9.17, 15) is 9.59 Å². The lowest BCUT2D eigenvalue weighted by molar-refractivity contribution is -0.136. The first-order valence-corrected chi connectivity index (χ1v) is 9.74. The largest absolute Gasteiger partial charge is 0.466 e. The summed E-state index contributed by atoms with van der Waals surface area (Å²) < 4.78 is 16.2. The fourth-order valence-corrected chi connectivity index (χ4v) is 3.26. The highest BCUT2D eigenvalue weighted by molar-refractivity contribution is 8.00. The molecule has 7 heteroatoms. The molecule has 0 radical (unpaired) electrons. The van der Waals surface area contributed by atoms with E-state index in [2.05, 4.69) is 20.8 Å². The van der Waals surface area contributed by atoms with Crippen LogP contribution in [0.5, 0.6) is 0 Å². The fraction of sp³-hybridized carbons (Fsp3) is 0.789. The van der Waals surface area contributed by atoms with Crippen LogP contribution in [0, 0.1) is 0 Å². The molecule has 1 fully saturated rings. The van der Waals surface area contributed by atoms with Gasteiger partial charge in [0.25, 0.3) is 0 Å². The highest BCUT2D eigenvalue weighted by Crippen LogP contribution is 2.32. The van der Waals surface area contributed by atoms with Crippen LogP contribution in [-0.4, -0.2) is 58.5 Å². The van der Waals surface area contributed by atoms with Gasteiger partial charge in [0.2, 0.25) is 0 Å². The van der Waals surface area contributed by atoms with E-state index in [1.165, 1.54) is 7.11 Å². The van der Waals surface area contributed by atoms with Gasteiger partial charge in [0.05, 0.1) is 19.8 Å². The van der Waals surface area contributed by atoms with E-state index in [1.807, 2.05) is 34.6 Å². The predicted octanol–water partition coefficient (Wildman–Crippen LogP) is 3.99. The molecule has 6 nitrogen and oxygen atoms in total. The second kappa shape index (κ2) is 8.21. The summed E-state index contributed by atoms with van der Waals surface area (Å²) in [4.78, 5) is 26.4. The summed E-state index contributed by atoms with van der Waals surface area (Å²) in [5.74, 6) is 0.102. The zero-order chi connectivity index (χ0) is 20.3. The first-order valence-electron chi connectivity index (χ1n) is 8.75. The molecule has 1 aliphatic heterocycles. The number of nitrogens with zero attached hydrogens (tertiary/aromatic N) is 1. The maximum Gasteiger partial charge on any atom is 0.413 e. The van der Waals surface area contributed by atoms with Gasteiger partial charge in [-0.2, -0.15) is 11.8 Å². The Kier molecular flexibility index (Phi) is 7.21. The lowest BCUT2D eigenvalue weighted by Gasteiger charge is -2.34. The fourth-order valence-electron chi connectivity index (χ4n) is 2.45. The van der Waals surface area contributed by atoms with E-state index < -0.39 is 29.4 Å². The van der Waals surface area contributed by atoms with Crippen LogP contribution in [0.3, 0.4) is 0 Å². The Labute approximate surface area is 161 Å². The van der Waals surface area contributed by atoms with Crippen molar-refractivity contribution in [1.82, 2.24) is 4.90 Å². The monoisotopic (exact) mass is 387 g/mol. The van der Waals surface area contributed by atoms with E-state index in [0.29, 0.717) is 17.9 Å². The minimum Gasteiger partial charge on any atom is -0.466 e. The molecular weight excluding hydrogens is 354 g/mol. The summed E-state index contributed by atoms with van der Waals surface area (Å²) in [5, 5.41) is 0. The normalized spacial score (nSPS) is 20.9. The smallest absolute Gasteiger partial charge is 0.413 e. The van der Waals surface area contributed by atoms with Crippen molar-refractivity contribution in [3.63, 3.8) is 0 Å². The van der Waals surface area contributed by atoms with Gasteiger partial charge in [-0.05, 0) is 40.7 Å². The van der Waals surface area contributed by atoms with Crippen LogP contribution >= 0.6 is 11.8 Å². The van der Waals surface area contributed by atoms with Crippen LogP contribution in [0.1, 0.15) is 55.4 Å². The minimum atomic E-state index is -0.818. The van der Waals surface area contributed by atoms with Crippen LogP contribution < -0.4 is 0 Å². The van der Waals surface area contributed by atoms with Crippen molar-refractivity contribution in [3.8, 4) is 0 Å². The maximum atomic E-state index is 12.7. The SMILES string of the molecule is COC(=O)/C(=C\[C@H]1COC(C)(C)N1C(=O)OC(C)(C)C)CSC(C)(C)C. The predicted molar refractivity (Wildman–Crippen MR) is 104 cm³/mol. The highest BCUT2D eigenvalue weighted by Gasteiger charge is 2.45. The van der Waals surface area contributed by atoms with Gasteiger partial charge >= 0.3 is 12.1 Å². The van der Waals surface area contributed by atoms with Crippen LogP contribution in [0.25, 0.3) is 0 Å². The number of thioether (sulfide) groups is 1. The lowest BCUT2D eigenvalue weighted by atomic mass is 10.1. The number of ether oxygens (including phenoxy) is 3. The first-order chi connectivity index (χ1) is 11.7. The Hall–Kier alpha value is -1.21. The molecule has 1 atom stereocenters. The van der Waals surface area contributed by atoms with Crippen molar-refractivity contribution in [3.05, 3.63) is 11.6 Å². The summed E-state index contributed by atoms with van der Waals surface area (Å²) in [5.41, 5.74) is -0.911. The Morgan fingerprint density at radius 3 is 2.27 bits per heavy atom. The van der Waals surface area contributed by atoms with Crippen LogP contribution in [0.4, 0.5) is 4.79 Å². The zero-order valence-electron chi connectivity index (χ0n) is 17.5. The van der Waals surface area contributed by atoms with Crippen molar-refractivity contribution in [2.45, 2.75) is 77.5 Å². The third-order valence-electron chi connectivity index (χ3n) is 3.61. The van der Waals surface area contributed by atoms with Crippen LogP contribution in [0.2, 0.25) is 0 Å². The van der Waals surface area contributed by atoms with Crippen molar-refractivity contribution >= 4 is 23.8 Å². The molecule has 150 valence electrons. The zero-order valence-corrected chi connectivity index (χ0v) is 18.3. The van der Waals surface area contributed by atoms with Crippen LogP contribution in [0.15, 0.2) is 11.6 Å². The van der Waals surface area contributed by atoms with E-state index in [1.54, 1.807) is 22.7 Å². The molecule has 1 amide bonds. The average molecular weight is 388 g/mol. The lowest BCUT2D eigenvalue weighted by Crippen LogP contribution is -2.49. The third-order valence-corrected chi connectivity index (χ3v) is 4.93. The van der Waals surface area contributed by atoms with Crippen molar-refractivity contribution in [1.29, 1.82) is 0 Å². The number of esters is 1. The summed E-state index contributed by atoms with van der Waals surface area (Å²) >= 11 is 1.64. The number of hydrogen-bond donors (Lipinski definition) is 0. The summed E-state index contributed by atoms with van der Waals surface area (Å²) in [6.45, 7) is 15.6. The summed E-state index contributed by atoms with van der Waals surface area (Å²) in [6.07, 6.45) is 1.30. The molecule has 1 saturated heterocycles. The van der Waals surface area contributed by atoms with Gasteiger partial charge in [-0.25, -0.2) is 9.59 Å². The molecule has 0 aromatic rings. The molecular formula is C19H33NO5S. The van der Waals surface area contributed by atoms with E-state index in [0.717, 1.165) is 0 Å². The standard InChI is InChI=1S/C19H33NO5S/c1-17(2,3)25-16(22)20-14(11-24-19(20,7)8)10-13(15(21)23-9)12-26-18(4,5)6/h10,14H,11-12H2,1-9H3/b13-10-/t14-/m0/s1. The van der Waals surface area contributed by atoms with Crippen LogP contribution in [-0.2, 0) is 19.0 Å². The van der Waals surface area contributed by atoms with Crippen molar-refractivity contribution in [2.75, 3.05) is 19.5 Å². The number of carbonyl (C=O) groups excluding carboxylic acids is 2. The molecule has 26 heavy (non-hydrogen) atoms. The number of amides is 1. The minimum absolute atomic E-state index is 0.00338. The van der Waals surface area contributed by atoms with Gasteiger partial charge in [0.15, 0.2) is 0 Å². The second-order valence-corrected chi connectivity index (χ2v) is 10.6. The molecule has 0 unspecified atom stereocenters. The van der Waals surface area contributed by atoms with E-state index >= 15 is 0 Å². The summed E-state index contributed by atoms with van der Waals surface area (Å²) in [6, 6.07) is -0.394. The highest BCUT2D eigenvalue weighted by atomic mass is 32.2. The molecule has 0 aromatic carbocycles. The Morgan fingerprint density at radius 1 is 1.23 bits per heavy atom. The molecule has 1 heterocycles. The van der Waals surface area contributed by atoms with Gasteiger partial charge in [-0.15, -0.1) is 0 Å². The van der Waals surface area contributed by atoms with Gasteiger partial charge in [-0.1, -0.05) is 20.8 Å². The Balaban J connectivity index is 3.11. The molecule has 0 aromatic heterocycles. The molecule has 1 rings (SSSR count). The van der Waals surface area contributed by atoms with Crippen molar-refractivity contribution < 1.29 is 23.8 Å². The maximum absolute atomic E-state index is 12.7. The van der Waals surface area contributed by atoms with Crippen molar-refractivity contribution in [2.24, 2.45) is 0 Å². The number of methoxy groups -OCH3 is 1. The number of hydrogen-bond acceptors (Lipinski definition) is 6. The Morgan fingerprint density at radius 2 is 1.81 bits per heavy atom. The van der Waals surface area contributed by atoms with Gasteiger partial charge in [0.1, 0.15) is 11.3 Å². The van der Waals surface area contributed by atoms with Gasteiger partial charge < -0.3 is 14.2 Å². The molecule has 0 bridgehead atoms. The van der Waals surface area contributed by atoms with Gasteiger partial charge in [0, 0.05) is 16.1 Å². The second-order valence-electron chi connectivity index (χ2n) is 8.76. The molecule has 0 saturated carbocycles. The number of rotatable bonds is 4. The molecule has 0 N–H and O–H groups in total. The quantitative estimate of drug-likeness (QED) is 0.537. The topological polar surface area (TPSA) is 65.1 Å². The third kappa shape index (κ3) is 6.83.